The fraction of sp³-hybridized carbons (Fsp3) is 0.706. The van der Waals surface area contributed by atoms with Gasteiger partial charge in [0.15, 0.2) is 0 Å². The molecule has 3 heteroatoms. The van der Waals surface area contributed by atoms with Crippen LogP contribution in [0.4, 0.5) is 0 Å². The molecule has 20 heavy (non-hydrogen) atoms. The van der Waals surface area contributed by atoms with E-state index in [1.807, 2.05) is 13.0 Å². The van der Waals surface area contributed by atoms with Gasteiger partial charge < -0.3 is 10.1 Å². The van der Waals surface area contributed by atoms with Crippen LogP contribution in [0.15, 0.2) is 12.1 Å². The van der Waals surface area contributed by atoms with Gasteiger partial charge in [-0.2, -0.15) is 0 Å². The first kappa shape index (κ1) is 17.0. The highest BCUT2D eigenvalue weighted by atomic mass is 16.5. The van der Waals surface area contributed by atoms with E-state index in [4.69, 9.17) is 4.74 Å². The summed E-state index contributed by atoms with van der Waals surface area (Å²) in [6, 6.07) is 4.10. The normalized spacial score (nSPS) is 12.7. The number of nitrogens with zero attached hydrogens (tertiary/aromatic N) is 1. The second-order valence-electron chi connectivity index (χ2n) is 5.76. The first-order chi connectivity index (χ1) is 9.56. The predicted octanol–water partition coefficient (Wildman–Crippen LogP) is 3.75. The first-order valence-electron chi connectivity index (χ1n) is 7.90. The smallest absolute Gasteiger partial charge is 0.141 e. The third-order valence-corrected chi connectivity index (χ3v) is 3.33. The van der Waals surface area contributed by atoms with Crippen LogP contribution in [0, 0.1) is 12.8 Å². The van der Waals surface area contributed by atoms with E-state index >= 15 is 0 Å². The molecule has 0 fully saturated rings. The first-order valence-corrected chi connectivity index (χ1v) is 7.90. The highest BCUT2D eigenvalue weighted by molar-refractivity contribution is 5.29. The number of hydrogen-bond donors (Lipinski definition) is 1. The van der Waals surface area contributed by atoms with Gasteiger partial charge in [0.25, 0.3) is 0 Å². The summed E-state index contributed by atoms with van der Waals surface area (Å²) in [6.45, 7) is 12.8. The van der Waals surface area contributed by atoms with Gasteiger partial charge in [0.1, 0.15) is 11.9 Å². The molecule has 0 radical (unpaired) electrons. The van der Waals surface area contributed by atoms with Crippen molar-refractivity contribution in [3.05, 3.63) is 23.5 Å². The van der Waals surface area contributed by atoms with Crippen LogP contribution in [0.1, 0.15) is 51.9 Å². The maximum absolute atomic E-state index is 6.25. The number of rotatable bonds is 9. The Hall–Kier alpha value is -1.09. The SMILES string of the molecule is CCNCCC(CC(C)C)Oc1ccc(C)nc1CC. The van der Waals surface area contributed by atoms with Gasteiger partial charge in [-0.05, 0) is 57.3 Å². The molecule has 0 aromatic carbocycles. The Kier molecular flexibility index (Phi) is 7.60. The molecule has 0 aliphatic rings. The Morgan fingerprint density at radius 2 is 2.00 bits per heavy atom. The summed E-state index contributed by atoms with van der Waals surface area (Å²) in [4.78, 5) is 4.58. The molecule has 0 saturated heterocycles. The highest BCUT2D eigenvalue weighted by Gasteiger charge is 2.15. The largest absolute Gasteiger partial charge is 0.488 e. The van der Waals surface area contributed by atoms with Crippen molar-refractivity contribution in [2.75, 3.05) is 13.1 Å². The summed E-state index contributed by atoms with van der Waals surface area (Å²) in [5, 5.41) is 3.38. The average molecular weight is 278 g/mol. The van der Waals surface area contributed by atoms with Crippen LogP contribution < -0.4 is 10.1 Å². The van der Waals surface area contributed by atoms with Gasteiger partial charge in [0.05, 0.1) is 5.69 Å². The fourth-order valence-electron chi connectivity index (χ4n) is 2.33. The van der Waals surface area contributed by atoms with Crippen LogP contribution in [0.25, 0.3) is 0 Å². The summed E-state index contributed by atoms with van der Waals surface area (Å²) in [6.07, 6.45) is 3.31. The minimum Gasteiger partial charge on any atom is -0.488 e. The highest BCUT2D eigenvalue weighted by Crippen LogP contribution is 2.22. The predicted molar refractivity (Wildman–Crippen MR) is 85.4 cm³/mol. The summed E-state index contributed by atoms with van der Waals surface area (Å²) < 4.78 is 6.25. The zero-order valence-corrected chi connectivity index (χ0v) is 13.7. The van der Waals surface area contributed by atoms with Gasteiger partial charge in [0.2, 0.25) is 0 Å². The molecule has 1 heterocycles. The van der Waals surface area contributed by atoms with Gasteiger partial charge >= 0.3 is 0 Å². The summed E-state index contributed by atoms with van der Waals surface area (Å²) >= 11 is 0. The Morgan fingerprint density at radius 1 is 1.25 bits per heavy atom. The molecule has 114 valence electrons. The lowest BCUT2D eigenvalue weighted by Crippen LogP contribution is -2.26. The molecule has 1 rings (SSSR count). The number of hydrogen-bond acceptors (Lipinski definition) is 3. The van der Waals surface area contributed by atoms with Crippen LogP contribution >= 0.6 is 0 Å². The monoisotopic (exact) mass is 278 g/mol. The molecule has 0 bridgehead atoms. The third kappa shape index (κ3) is 5.91. The van der Waals surface area contributed by atoms with Crippen molar-refractivity contribution < 1.29 is 4.74 Å². The van der Waals surface area contributed by atoms with E-state index < -0.39 is 0 Å². The summed E-state index contributed by atoms with van der Waals surface area (Å²) in [5.41, 5.74) is 2.13. The van der Waals surface area contributed by atoms with E-state index in [9.17, 15) is 0 Å². The van der Waals surface area contributed by atoms with E-state index in [-0.39, 0.29) is 6.10 Å². The third-order valence-electron chi connectivity index (χ3n) is 3.33. The molecular formula is C17H30N2O. The number of aromatic nitrogens is 1. The molecule has 0 aliphatic carbocycles. The van der Waals surface area contributed by atoms with E-state index in [1.54, 1.807) is 0 Å². The number of pyridine rings is 1. The van der Waals surface area contributed by atoms with Gasteiger partial charge in [-0.25, -0.2) is 0 Å². The standard InChI is InChI=1S/C17H30N2O/c1-6-16-17(9-8-14(5)19-16)20-15(12-13(3)4)10-11-18-7-2/h8-9,13,15,18H,6-7,10-12H2,1-5H3. The van der Waals surface area contributed by atoms with Gasteiger partial charge in [0, 0.05) is 5.69 Å². The molecule has 0 spiro atoms. The van der Waals surface area contributed by atoms with Crippen molar-refractivity contribution in [2.24, 2.45) is 5.92 Å². The molecule has 0 aliphatic heterocycles. The molecular weight excluding hydrogens is 248 g/mol. The molecule has 0 amide bonds. The van der Waals surface area contributed by atoms with Crippen LogP contribution in [0.3, 0.4) is 0 Å². The maximum atomic E-state index is 6.25. The van der Waals surface area contributed by atoms with Crippen molar-refractivity contribution in [2.45, 2.75) is 60.0 Å². The van der Waals surface area contributed by atoms with Crippen LogP contribution in [0.2, 0.25) is 0 Å². The van der Waals surface area contributed by atoms with Crippen LogP contribution in [0.5, 0.6) is 5.75 Å². The maximum Gasteiger partial charge on any atom is 0.141 e. The van der Waals surface area contributed by atoms with Crippen LogP contribution in [-0.4, -0.2) is 24.2 Å². The van der Waals surface area contributed by atoms with E-state index in [0.29, 0.717) is 5.92 Å². The molecule has 1 atom stereocenters. The Morgan fingerprint density at radius 3 is 2.60 bits per heavy atom. The minimum absolute atomic E-state index is 0.267. The topological polar surface area (TPSA) is 34.1 Å². The number of nitrogens with one attached hydrogen (secondary N) is 1. The van der Waals surface area contributed by atoms with E-state index in [1.165, 1.54) is 0 Å². The van der Waals surface area contributed by atoms with Crippen molar-refractivity contribution >= 4 is 0 Å². The lowest BCUT2D eigenvalue weighted by molar-refractivity contribution is 0.162. The molecule has 1 aromatic heterocycles. The van der Waals surface area contributed by atoms with Crippen molar-refractivity contribution in [1.29, 1.82) is 0 Å². The zero-order chi connectivity index (χ0) is 15.0. The van der Waals surface area contributed by atoms with E-state index in [2.05, 4.69) is 44.1 Å². The van der Waals surface area contributed by atoms with Gasteiger partial charge in [-0.3, -0.25) is 4.98 Å². The lowest BCUT2D eigenvalue weighted by Gasteiger charge is -2.22. The molecule has 1 N–H and O–H groups in total. The second kappa shape index (κ2) is 8.96. The van der Waals surface area contributed by atoms with Crippen molar-refractivity contribution in [3.63, 3.8) is 0 Å². The average Bonchev–Trinajstić information content (AvgIpc) is 2.40. The van der Waals surface area contributed by atoms with Gasteiger partial charge in [-0.1, -0.05) is 27.7 Å². The quantitative estimate of drug-likeness (QED) is 0.699. The second-order valence-corrected chi connectivity index (χ2v) is 5.76. The fourth-order valence-corrected chi connectivity index (χ4v) is 2.33. The van der Waals surface area contributed by atoms with Gasteiger partial charge in [-0.15, -0.1) is 0 Å². The zero-order valence-electron chi connectivity index (χ0n) is 13.7. The number of ether oxygens (including phenoxy) is 1. The summed E-state index contributed by atoms with van der Waals surface area (Å²) in [5.74, 6) is 1.60. The molecule has 1 aromatic rings. The van der Waals surface area contributed by atoms with Crippen LogP contribution in [-0.2, 0) is 6.42 Å². The van der Waals surface area contributed by atoms with Crippen molar-refractivity contribution in [3.8, 4) is 5.75 Å². The molecule has 1 unspecified atom stereocenters. The molecule has 3 nitrogen and oxygen atoms in total. The number of aryl methyl sites for hydroxylation is 2. The Labute approximate surface area is 124 Å². The minimum atomic E-state index is 0.267. The lowest BCUT2D eigenvalue weighted by atomic mass is 10.0. The Bertz CT molecular complexity index is 391. The Balaban J connectivity index is 2.72. The summed E-state index contributed by atoms with van der Waals surface area (Å²) in [7, 11) is 0. The van der Waals surface area contributed by atoms with E-state index in [0.717, 1.165) is 49.5 Å². The van der Waals surface area contributed by atoms with Crippen molar-refractivity contribution in [1.82, 2.24) is 10.3 Å². The molecule has 0 saturated carbocycles.